The topological polar surface area (TPSA) is 75.6 Å². The van der Waals surface area contributed by atoms with Crippen LogP contribution < -0.4 is 5.32 Å². The summed E-state index contributed by atoms with van der Waals surface area (Å²) in [6.45, 7) is 0.479. The molecule has 1 rings (SSSR count). The van der Waals surface area contributed by atoms with Gasteiger partial charge in [0.05, 0.1) is 6.54 Å². The van der Waals surface area contributed by atoms with E-state index in [1.165, 1.54) is 32.1 Å². The van der Waals surface area contributed by atoms with Gasteiger partial charge in [0.25, 0.3) is 0 Å². The maximum atomic E-state index is 10.8. The molecule has 0 bridgehead atoms. The molecule has 0 heterocycles. The van der Waals surface area contributed by atoms with Crippen LogP contribution in [0.25, 0.3) is 0 Å². The van der Waals surface area contributed by atoms with Gasteiger partial charge in [-0.3, -0.25) is 4.79 Å². The highest BCUT2D eigenvalue weighted by Gasteiger charge is 2.09. The SMILES string of the molecule is O=C(O)OC(=O)CNCC=CC1CCCCC1. The first-order valence-corrected chi connectivity index (χ1v) is 5.99. The molecule has 0 radical (unpaired) electrons. The van der Waals surface area contributed by atoms with Crippen molar-refractivity contribution in [1.82, 2.24) is 5.32 Å². The molecule has 0 aromatic heterocycles. The van der Waals surface area contributed by atoms with E-state index in [4.69, 9.17) is 5.11 Å². The Morgan fingerprint density at radius 1 is 1.29 bits per heavy atom. The van der Waals surface area contributed by atoms with E-state index in [9.17, 15) is 9.59 Å². The predicted molar refractivity (Wildman–Crippen MR) is 62.7 cm³/mol. The zero-order chi connectivity index (χ0) is 12.5. The molecule has 0 aromatic rings. The summed E-state index contributed by atoms with van der Waals surface area (Å²) in [5.74, 6) is -0.111. The van der Waals surface area contributed by atoms with Crippen LogP contribution in [-0.4, -0.2) is 30.3 Å². The van der Waals surface area contributed by atoms with E-state index in [-0.39, 0.29) is 6.54 Å². The standard InChI is InChI=1S/C12H19NO4/c14-11(17-12(15)16)9-13-8-4-7-10-5-2-1-3-6-10/h4,7,10,13H,1-3,5-6,8-9H2,(H,15,16). The number of carboxylic acid groups (broad SMARTS) is 1. The minimum atomic E-state index is -1.56. The lowest BCUT2D eigenvalue weighted by Gasteiger charge is -2.17. The van der Waals surface area contributed by atoms with E-state index >= 15 is 0 Å². The van der Waals surface area contributed by atoms with E-state index in [0.29, 0.717) is 12.5 Å². The van der Waals surface area contributed by atoms with Gasteiger partial charge in [-0.2, -0.15) is 0 Å². The van der Waals surface area contributed by atoms with Crippen LogP contribution >= 0.6 is 0 Å². The third-order valence-electron chi connectivity index (χ3n) is 2.79. The minimum Gasteiger partial charge on any atom is -0.449 e. The summed E-state index contributed by atoms with van der Waals surface area (Å²) < 4.78 is 3.94. The van der Waals surface area contributed by atoms with Gasteiger partial charge in [-0.25, -0.2) is 4.79 Å². The molecule has 0 atom stereocenters. The molecular weight excluding hydrogens is 222 g/mol. The van der Waals surface area contributed by atoms with Crippen molar-refractivity contribution in [3.05, 3.63) is 12.2 Å². The van der Waals surface area contributed by atoms with Gasteiger partial charge in [0.2, 0.25) is 0 Å². The Morgan fingerprint density at radius 3 is 2.65 bits per heavy atom. The molecule has 0 aromatic carbocycles. The molecule has 96 valence electrons. The maximum absolute atomic E-state index is 10.8. The molecule has 0 amide bonds. The highest BCUT2D eigenvalue weighted by molar-refractivity contribution is 5.82. The highest BCUT2D eigenvalue weighted by atomic mass is 16.7. The van der Waals surface area contributed by atoms with Gasteiger partial charge >= 0.3 is 12.1 Å². The number of hydrogen-bond acceptors (Lipinski definition) is 4. The number of esters is 1. The van der Waals surface area contributed by atoms with Crippen molar-refractivity contribution in [1.29, 1.82) is 0 Å². The molecule has 1 saturated carbocycles. The molecule has 1 aliphatic carbocycles. The second-order valence-corrected chi connectivity index (χ2v) is 4.20. The zero-order valence-electron chi connectivity index (χ0n) is 9.85. The van der Waals surface area contributed by atoms with Crippen molar-refractivity contribution in [3.63, 3.8) is 0 Å². The molecule has 0 saturated heterocycles. The predicted octanol–water partition coefficient (Wildman–Crippen LogP) is 1.93. The Labute approximate surface area is 101 Å². The molecular formula is C12H19NO4. The van der Waals surface area contributed by atoms with Crippen molar-refractivity contribution in [2.75, 3.05) is 13.1 Å². The van der Waals surface area contributed by atoms with Gasteiger partial charge in [0.15, 0.2) is 0 Å². The monoisotopic (exact) mass is 241 g/mol. The molecule has 1 fully saturated rings. The molecule has 5 nitrogen and oxygen atoms in total. The molecule has 0 aliphatic heterocycles. The van der Waals surface area contributed by atoms with Crippen molar-refractivity contribution in [2.45, 2.75) is 32.1 Å². The fourth-order valence-electron chi connectivity index (χ4n) is 1.98. The van der Waals surface area contributed by atoms with Crippen LogP contribution in [-0.2, 0) is 9.53 Å². The van der Waals surface area contributed by atoms with Gasteiger partial charge in [-0.15, -0.1) is 0 Å². The number of carbonyl (C=O) groups is 2. The molecule has 0 unspecified atom stereocenters. The van der Waals surface area contributed by atoms with E-state index in [2.05, 4.69) is 16.1 Å². The summed E-state index contributed by atoms with van der Waals surface area (Å²) in [4.78, 5) is 20.8. The summed E-state index contributed by atoms with van der Waals surface area (Å²) in [5, 5.41) is 11.0. The largest absolute Gasteiger partial charge is 0.513 e. The number of nitrogens with one attached hydrogen (secondary N) is 1. The van der Waals surface area contributed by atoms with E-state index < -0.39 is 12.1 Å². The van der Waals surface area contributed by atoms with Crippen LogP contribution in [0, 0.1) is 5.92 Å². The van der Waals surface area contributed by atoms with E-state index in [1.54, 1.807) is 0 Å². The lowest BCUT2D eigenvalue weighted by Crippen LogP contribution is -2.26. The van der Waals surface area contributed by atoms with Crippen LogP contribution in [0.5, 0.6) is 0 Å². The Kier molecular flexibility index (Phi) is 6.32. The average molecular weight is 241 g/mol. The summed E-state index contributed by atoms with van der Waals surface area (Å²) in [6, 6.07) is 0. The van der Waals surface area contributed by atoms with Crippen molar-refractivity contribution in [2.24, 2.45) is 5.92 Å². The van der Waals surface area contributed by atoms with Crippen LogP contribution in [0.1, 0.15) is 32.1 Å². The van der Waals surface area contributed by atoms with Gasteiger partial charge in [-0.05, 0) is 18.8 Å². The molecule has 0 spiro atoms. The Hall–Kier alpha value is -1.36. The Balaban J connectivity index is 2.04. The summed E-state index contributed by atoms with van der Waals surface area (Å²) in [6.07, 6.45) is 9.03. The lowest BCUT2D eigenvalue weighted by molar-refractivity contribution is -0.137. The molecule has 5 heteroatoms. The first kappa shape index (κ1) is 13.7. The first-order chi connectivity index (χ1) is 8.18. The lowest BCUT2D eigenvalue weighted by atomic mass is 9.89. The van der Waals surface area contributed by atoms with Gasteiger partial charge in [0, 0.05) is 6.54 Å². The quantitative estimate of drug-likeness (QED) is 0.333. The summed E-state index contributed by atoms with van der Waals surface area (Å²) in [7, 11) is 0. The first-order valence-electron chi connectivity index (χ1n) is 5.99. The number of hydrogen-bond donors (Lipinski definition) is 2. The summed E-state index contributed by atoms with van der Waals surface area (Å²) in [5.41, 5.74) is 0. The van der Waals surface area contributed by atoms with Gasteiger partial charge in [0.1, 0.15) is 0 Å². The average Bonchev–Trinajstić information content (AvgIpc) is 2.29. The third-order valence-corrected chi connectivity index (χ3v) is 2.79. The number of carbonyl (C=O) groups excluding carboxylic acids is 1. The van der Waals surface area contributed by atoms with Gasteiger partial charge in [-0.1, -0.05) is 31.4 Å². The fourth-order valence-corrected chi connectivity index (χ4v) is 1.98. The third kappa shape index (κ3) is 6.73. The Morgan fingerprint density at radius 2 is 2.00 bits per heavy atom. The Bertz CT molecular complexity index is 282. The fraction of sp³-hybridized carbons (Fsp3) is 0.667. The van der Waals surface area contributed by atoms with Crippen LogP contribution in [0.2, 0.25) is 0 Å². The highest BCUT2D eigenvalue weighted by Crippen LogP contribution is 2.24. The van der Waals surface area contributed by atoms with Crippen LogP contribution in [0.3, 0.4) is 0 Å². The number of allylic oxidation sites excluding steroid dienone is 1. The van der Waals surface area contributed by atoms with E-state index in [1.807, 2.05) is 6.08 Å². The smallest absolute Gasteiger partial charge is 0.449 e. The summed E-state index contributed by atoms with van der Waals surface area (Å²) >= 11 is 0. The minimum absolute atomic E-state index is 0.0820. The molecule has 17 heavy (non-hydrogen) atoms. The normalized spacial score (nSPS) is 17.2. The van der Waals surface area contributed by atoms with Crippen LogP contribution in [0.4, 0.5) is 4.79 Å². The molecule has 1 aliphatic rings. The number of rotatable bonds is 5. The van der Waals surface area contributed by atoms with Gasteiger partial charge < -0.3 is 15.2 Å². The van der Waals surface area contributed by atoms with E-state index in [0.717, 1.165) is 0 Å². The number of ether oxygens (including phenoxy) is 1. The van der Waals surface area contributed by atoms with Crippen molar-refractivity contribution < 1.29 is 19.4 Å². The second-order valence-electron chi connectivity index (χ2n) is 4.20. The second kappa shape index (κ2) is 7.84. The maximum Gasteiger partial charge on any atom is 0.513 e. The van der Waals surface area contributed by atoms with Crippen molar-refractivity contribution >= 4 is 12.1 Å². The van der Waals surface area contributed by atoms with Crippen molar-refractivity contribution in [3.8, 4) is 0 Å². The van der Waals surface area contributed by atoms with Crippen LogP contribution in [0.15, 0.2) is 12.2 Å². The zero-order valence-corrected chi connectivity index (χ0v) is 9.85. The molecule has 2 N–H and O–H groups in total.